The molecule has 6 aliphatic heterocycles. The molecule has 6 aliphatic rings. The number of allylic oxidation sites excluding steroid dienone is 16. The average Bonchev–Trinajstić information content (AvgIpc) is 4.12. The summed E-state index contributed by atoms with van der Waals surface area (Å²) in [6, 6.07) is 41.4. The molecule has 6 heterocycles. The van der Waals surface area contributed by atoms with Gasteiger partial charge in [0.15, 0.2) is 0 Å². The first-order valence-corrected chi connectivity index (χ1v) is 19.6. The summed E-state index contributed by atoms with van der Waals surface area (Å²) in [6.07, 6.45) is 26.1. The van der Waals surface area contributed by atoms with Gasteiger partial charge in [0, 0.05) is 53.9 Å². The van der Waals surface area contributed by atoms with E-state index in [1.807, 2.05) is 91.1 Å². The molecule has 0 saturated carbocycles. The van der Waals surface area contributed by atoms with E-state index < -0.39 is 0 Å². The summed E-state index contributed by atoms with van der Waals surface area (Å²) in [5.74, 6) is 0.151. The Kier molecular flexibility index (Phi) is 9.12. The molecule has 6 nitrogen and oxygen atoms in total. The van der Waals surface area contributed by atoms with Crippen molar-refractivity contribution in [2.45, 2.75) is 0 Å². The molecule has 0 saturated heterocycles. The first-order chi connectivity index (χ1) is 29.1. The van der Waals surface area contributed by atoms with Crippen molar-refractivity contribution in [2.75, 3.05) is 7.05 Å². The van der Waals surface area contributed by atoms with E-state index in [0.717, 1.165) is 95.8 Å². The molecular weight excluding hydrogens is 723 g/mol. The van der Waals surface area contributed by atoms with Crippen molar-refractivity contribution in [2.24, 2.45) is 15.0 Å². The standard InChI is InChI=1S/C53H37N5O/c1-58-32-30-35(31-33-58)48(59)29-22-40-34-47-51(38-18-10-4-11-19-38)45-26-25-43(55-45)49(36-14-6-2-7-15-36)41-23-24-42(54-41)50(37-16-8-3-9-17-37)44-27-28-46(56-44)52(53(40)57-47)39-20-12-5-13-21-39/h2-34,59H,1H3/p+1/b29-22+,49-41?,49-43?,50-42?,50-44?,51-45?,51-47?,52-46?,53-52?. The lowest BCUT2D eigenvalue weighted by molar-refractivity contribution is -0.383. The summed E-state index contributed by atoms with van der Waals surface area (Å²) in [4.78, 5) is 22.1. The highest BCUT2D eigenvalue weighted by Crippen LogP contribution is 2.39. The average molecular weight is 761 g/mol. The van der Waals surface area contributed by atoms with E-state index in [-0.39, 0.29) is 5.76 Å². The minimum atomic E-state index is 0.151. The van der Waals surface area contributed by atoms with Crippen LogP contribution in [-0.4, -0.2) is 39.9 Å². The fraction of sp³-hybridized carbons (Fsp3) is 0.0189. The van der Waals surface area contributed by atoms with Crippen molar-refractivity contribution >= 4 is 45.1 Å². The van der Waals surface area contributed by atoms with Crippen LogP contribution >= 0.6 is 0 Å². The predicted molar refractivity (Wildman–Crippen MR) is 242 cm³/mol. The van der Waals surface area contributed by atoms with Gasteiger partial charge >= 0.3 is 0 Å². The van der Waals surface area contributed by atoms with E-state index in [2.05, 4.69) is 120 Å². The van der Waals surface area contributed by atoms with E-state index in [1.54, 1.807) is 6.08 Å². The number of aliphatic hydroxyl groups is 1. The van der Waals surface area contributed by atoms with Crippen LogP contribution in [0.4, 0.5) is 0 Å². The lowest BCUT2D eigenvalue weighted by atomic mass is 9.95. The highest BCUT2D eigenvalue weighted by Gasteiger charge is 2.31. The number of rotatable bonds is 6. The molecule has 280 valence electrons. The lowest BCUT2D eigenvalue weighted by Crippen LogP contribution is -2.68. The second kappa shape index (κ2) is 15.2. The van der Waals surface area contributed by atoms with Crippen molar-refractivity contribution in [3.05, 3.63) is 263 Å². The molecule has 0 aromatic heterocycles. The summed E-state index contributed by atoms with van der Waals surface area (Å²) in [5, 5.41) is 11.4. The first kappa shape index (κ1) is 35.5. The summed E-state index contributed by atoms with van der Waals surface area (Å²) in [7, 11) is 1.95. The van der Waals surface area contributed by atoms with Crippen LogP contribution in [0, 0.1) is 0 Å². The molecule has 0 atom stereocenters. The number of nitrogens with zero attached hydrogens (tertiary/aromatic N) is 4. The summed E-state index contributed by atoms with van der Waals surface area (Å²) in [6.45, 7) is 0. The zero-order valence-corrected chi connectivity index (χ0v) is 32.3. The quantitative estimate of drug-likeness (QED) is 0.192. The molecule has 0 aliphatic carbocycles. The molecule has 6 heteroatoms. The molecule has 0 amide bonds. The van der Waals surface area contributed by atoms with Crippen molar-refractivity contribution < 1.29 is 10.1 Å². The van der Waals surface area contributed by atoms with E-state index in [9.17, 15) is 5.11 Å². The second-order valence-electron chi connectivity index (χ2n) is 14.6. The highest BCUT2D eigenvalue weighted by molar-refractivity contribution is 6.39. The molecule has 0 radical (unpaired) electrons. The van der Waals surface area contributed by atoms with Crippen molar-refractivity contribution in [3.63, 3.8) is 0 Å². The predicted octanol–water partition coefficient (Wildman–Crippen LogP) is 9.48. The molecule has 10 rings (SSSR count). The smallest absolute Gasteiger partial charge is 0.214 e. The molecule has 59 heavy (non-hydrogen) atoms. The Hall–Kier alpha value is -7.96. The van der Waals surface area contributed by atoms with E-state index in [1.165, 1.54) is 0 Å². The van der Waals surface area contributed by atoms with E-state index in [4.69, 9.17) is 15.0 Å². The number of fused-ring (bicyclic) bond motifs is 4. The fourth-order valence-corrected chi connectivity index (χ4v) is 7.93. The van der Waals surface area contributed by atoms with E-state index >= 15 is 0 Å². The Morgan fingerprint density at radius 3 is 1.63 bits per heavy atom. The van der Waals surface area contributed by atoms with Gasteiger partial charge in [-0.2, -0.15) is 0 Å². The van der Waals surface area contributed by atoms with Crippen LogP contribution in [-0.2, 0) is 0 Å². The van der Waals surface area contributed by atoms with Gasteiger partial charge in [-0.15, -0.1) is 0 Å². The number of hydrogen-bond acceptors (Lipinski definition) is 5. The van der Waals surface area contributed by atoms with Crippen LogP contribution in [0.15, 0.2) is 255 Å². The maximum absolute atomic E-state index is 11.4. The van der Waals surface area contributed by atoms with Gasteiger partial charge < -0.3 is 10.0 Å². The number of hydrogen-bond donors (Lipinski definition) is 2. The zero-order valence-electron chi connectivity index (χ0n) is 32.3. The van der Waals surface area contributed by atoms with E-state index in [0.29, 0.717) is 5.57 Å². The lowest BCUT2D eigenvalue weighted by Gasteiger charge is -2.13. The first-order valence-electron chi connectivity index (χ1n) is 19.6. The number of aliphatic imine (C=N–C) groups is 3. The molecule has 4 aromatic carbocycles. The summed E-state index contributed by atoms with van der Waals surface area (Å²) >= 11 is 0. The Balaban J connectivity index is 1.29. The van der Waals surface area contributed by atoms with Crippen LogP contribution in [0.3, 0.4) is 0 Å². The van der Waals surface area contributed by atoms with Crippen LogP contribution in [0.25, 0.3) is 22.3 Å². The van der Waals surface area contributed by atoms with Gasteiger partial charge in [0.25, 0.3) is 0 Å². The maximum atomic E-state index is 11.4. The molecule has 0 unspecified atom stereocenters. The minimum absolute atomic E-state index is 0.151. The molecule has 4 aromatic rings. The van der Waals surface area contributed by atoms with Crippen LogP contribution in [0.5, 0.6) is 0 Å². The maximum Gasteiger partial charge on any atom is 0.214 e. The molecule has 8 bridgehead atoms. The number of nitrogens with one attached hydrogen (secondary N) is 1. The number of benzene rings is 4. The third-order valence-corrected chi connectivity index (χ3v) is 10.8. The minimum Gasteiger partial charge on any atom is -0.507 e. The van der Waals surface area contributed by atoms with Crippen molar-refractivity contribution in [3.8, 4) is 0 Å². The Bertz CT molecular complexity index is 2920. The number of aliphatic hydroxyl groups excluding tert-OH is 1. The molecule has 0 fully saturated rings. The molecular formula is C53H38N5O+. The monoisotopic (exact) mass is 760 g/mol. The van der Waals surface area contributed by atoms with Crippen LogP contribution in [0.1, 0.15) is 22.3 Å². The SMILES string of the molecule is CN1C=CC(=C(O)/C=C/C2=CC3=NC2=C(c2ccccc2)C2=NC(=C(c4ccccc4)C4=[NH+]C(=C(c5ccccc5)C5=NC(=C3c3ccccc3)C=C5)C=C4)C=C2)C=C1. The Labute approximate surface area is 343 Å². The van der Waals surface area contributed by atoms with Crippen molar-refractivity contribution in [1.29, 1.82) is 0 Å². The van der Waals surface area contributed by atoms with Crippen LogP contribution < -0.4 is 4.99 Å². The van der Waals surface area contributed by atoms with Gasteiger partial charge in [-0.25, -0.2) is 20.0 Å². The summed E-state index contributed by atoms with van der Waals surface area (Å²) in [5.41, 5.74) is 16.0. The highest BCUT2D eigenvalue weighted by atomic mass is 16.3. The Morgan fingerprint density at radius 2 is 1.03 bits per heavy atom. The molecule has 0 spiro atoms. The van der Waals surface area contributed by atoms with Gasteiger partial charge in [-0.3, -0.25) is 0 Å². The van der Waals surface area contributed by atoms with Gasteiger partial charge in [-0.1, -0.05) is 121 Å². The topological polar surface area (TPSA) is 74.5 Å². The van der Waals surface area contributed by atoms with Gasteiger partial charge in [0.1, 0.15) is 5.76 Å². The second-order valence-corrected chi connectivity index (χ2v) is 14.6. The normalized spacial score (nSPS) is 18.1. The third kappa shape index (κ3) is 6.83. The largest absolute Gasteiger partial charge is 0.507 e. The van der Waals surface area contributed by atoms with Gasteiger partial charge in [0.2, 0.25) is 11.4 Å². The third-order valence-electron chi connectivity index (χ3n) is 10.8. The van der Waals surface area contributed by atoms with Crippen LogP contribution in [0.2, 0.25) is 0 Å². The summed E-state index contributed by atoms with van der Waals surface area (Å²) < 4.78 is 0. The van der Waals surface area contributed by atoms with Crippen molar-refractivity contribution in [1.82, 2.24) is 4.90 Å². The van der Waals surface area contributed by atoms with Gasteiger partial charge in [-0.05, 0) is 76.9 Å². The molecule has 2 N–H and O–H groups in total. The zero-order chi connectivity index (χ0) is 39.7. The fourth-order valence-electron chi connectivity index (χ4n) is 7.93. The van der Waals surface area contributed by atoms with Gasteiger partial charge in [0.05, 0.1) is 45.4 Å². The Morgan fingerprint density at radius 1 is 0.525 bits per heavy atom.